The molecule has 1 heterocycles. The van der Waals surface area contributed by atoms with Crippen LogP contribution in [0.5, 0.6) is 11.5 Å². The molecular weight excluding hydrogens is 568 g/mol. The van der Waals surface area contributed by atoms with Gasteiger partial charge in [0.25, 0.3) is 11.8 Å². The van der Waals surface area contributed by atoms with Gasteiger partial charge in [-0.15, -0.1) is 0 Å². The van der Waals surface area contributed by atoms with Crippen LogP contribution in [0.25, 0.3) is 6.08 Å². The van der Waals surface area contributed by atoms with Crippen LogP contribution in [0, 0.1) is 0 Å². The van der Waals surface area contributed by atoms with E-state index in [2.05, 4.69) is 21.2 Å². The van der Waals surface area contributed by atoms with Crippen LogP contribution in [0.4, 0.5) is 10.5 Å². The average Bonchev–Trinajstić information content (AvgIpc) is 2.91. The molecule has 0 bridgehead atoms. The van der Waals surface area contributed by atoms with Gasteiger partial charge >= 0.3 is 12.0 Å². The number of imide groups is 2. The fraction of sp³-hybridized carbons (Fsp3) is 0.172. The molecule has 200 valence electrons. The maximum absolute atomic E-state index is 13.3. The quantitative estimate of drug-likeness (QED) is 0.253. The summed E-state index contributed by atoms with van der Waals surface area (Å²) in [6.45, 7) is 4.27. The molecule has 2 N–H and O–H groups in total. The van der Waals surface area contributed by atoms with Crippen molar-refractivity contribution >= 4 is 51.5 Å². The van der Waals surface area contributed by atoms with Gasteiger partial charge in [0, 0.05) is 0 Å². The number of barbiturate groups is 1. The van der Waals surface area contributed by atoms with E-state index >= 15 is 0 Å². The van der Waals surface area contributed by atoms with Crippen molar-refractivity contribution in [3.63, 3.8) is 0 Å². The molecule has 0 aliphatic carbocycles. The first-order chi connectivity index (χ1) is 18.7. The number of hydrogen-bond donors (Lipinski definition) is 2. The van der Waals surface area contributed by atoms with Crippen LogP contribution in [0.15, 0.2) is 70.7 Å². The number of amides is 4. The molecule has 39 heavy (non-hydrogen) atoms. The zero-order chi connectivity index (χ0) is 28.1. The lowest BCUT2D eigenvalue weighted by atomic mass is 10.1. The smallest absolute Gasteiger partial charge is 0.335 e. The minimum atomic E-state index is -1.01. The van der Waals surface area contributed by atoms with Crippen LogP contribution in [0.3, 0.4) is 0 Å². The number of nitrogens with one attached hydrogen (secondary N) is 1. The monoisotopic (exact) mass is 592 g/mol. The van der Waals surface area contributed by atoms with E-state index in [-0.39, 0.29) is 17.7 Å². The van der Waals surface area contributed by atoms with Gasteiger partial charge in [0.15, 0.2) is 11.5 Å². The molecule has 0 radical (unpaired) electrons. The fourth-order valence-electron chi connectivity index (χ4n) is 3.91. The zero-order valence-electron chi connectivity index (χ0n) is 21.2. The first-order valence-corrected chi connectivity index (χ1v) is 12.9. The van der Waals surface area contributed by atoms with Crippen LogP contribution < -0.4 is 19.7 Å². The molecule has 9 nitrogen and oxygen atoms in total. The minimum absolute atomic E-state index is 0.147. The van der Waals surface area contributed by atoms with Crippen molar-refractivity contribution in [3.8, 4) is 11.5 Å². The Hall–Kier alpha value is -4.44. The first-order valence-electron chi connectivity index (χ1n) is 12.1. The highest BCUT2D eigenvalue weighted by atomic mass is 79.9. The topological polar surface area (TPSA) is 122 Å². The SMILES string of the molecule is CCOc1cc(/C=C2/C(=O)NC(=O)N(c3ccc(CC)cc3)C2=O)cc(Br)c1OCc1ccc(C(=O)O)cc1. The maximum Gasteiger partial charge on any atom is 0.335 e. The van der Waals surface area contributed by atoms with Crippen molar-refractivity contribution in [1.82, 2.24) is 5.32 Å². The standard InChI is InChI=1S/C29H25BrN2O7/c1-3-17-7-11-21(12-8-17)32-27(34)22(26(33)31-29(32)37)13-19-14-23(30)25(24(15-19)38-4-2)39-16-18-5-9-20(10-6-18)28(35)36/h5-15H,3-4,16H2,1-2H3,(H,35,36)(H,31,33,37)/b22-13-. The third-order valence-corrected chi connectivity index (χ3v) is 6.52. The predicted molar refractivity (Wildman–Crippen MR) is 148 cm³/mol. The van der Waals surface area contributed by atoms with Crippen molar-refractivity contribution in [2.75, 3.05) is 11.5 Å². The molecular formula is C29H25BrN2O7. The van der Waals surface area contributed by atoms with Crippen molar-refractivity contribution < 1.29 is 33.8 Å². The first kappa shape index (κ1) is 27.6. The number of urea groups is 1. The highest BCUT2D eigenvalue weighted by Gasteiger charge is 2.36. The largest absolute Gasteiger partial charge is 0.490 e. The molecule has 0 spiro atoms. The molecule has 10 heteroatoms. The number of halogens is 1. The molecule has 0 saturated carbocycles. The van der Waals surface area contributed by atoms with Gasteiger partial charge in [-0.25, -0.2) is 14.5 Å². The number of benzene rings is 3. The van der Waals surface area contributed by atoms with E-state index in [9.17, 15) is 19.2 Å². The molecule has 4 rings (SSSR count). The Morgan fingerprint density at radius 1 is 0.974 bits per heavy atom. The van der Waals surface area contributed by atoms with Gasteiger partial charge in [-0.2, -0.15) is 0 Å². The number of carbonyl (C=O) groups is 4. The second kappa shape index (κ2) is 12.0. The summed E-state index contributed by atoms with van der Waals surface area (Å²) in [6, 6.07) is 15.7. The molecule has 3 aromatic rings. The summed E-state index contributed by atoms with van der Waals surface area (Å²) < 4.78 is 12.2. The second-order valence-corrected chi connectivity index (χ2v) is 9.39. The van der Waals surface area contributed by atoms with Crippen molar-refractivity contribution in [1.29, 1.82) is 0 Å². The van der Waals surface area contributed by atoms with Crippen LogP contribution in [-0.4, -0.2) is 35.5 Å². The molecule has 0 unspecified atom stereocenters. The molecule has 1 saturated heterocycles. The van der Waals surface area contributed by atoms with Gasteiger partial charge < -0.3 is 14.6 Å². The Labute approximate surface area is 233 Å². The summed E-state index contributed by atoms with van der Waals surface area (Å²) in [5, 5.41) is 11.3. The Morgan fingerprint density at radius 2 is 1.64 bits per heavy atom. The molecule has 1 aliphatic rings. The Balaban J connectivity index is 1.62. The van der Waals surface area contributed by atoms with Crippen LogP contribution >= 0.6 is 15.9 Å². The molecule has 1 fully saturated rings. The summed E-state index contributed by atoms with van der Waals surface area (Å²) in [5.41, 5.74) is 2.58. The summed E-state index contributed by atoms with van der Waals surface area (Å²) in [7, 11) is 0. The molecule has 1 aliphatic heterocycles. The second-order valence-electron chi connectivity index (χ2n) is 8.53. The lowest BCUT2D eigenvalue weighted by Gasteiger charge is -2.26. The van der Waals surface area contributed by atoms with Gasteiger partial charge in [-0.05, 0) is 88.4 Å². The van der Waals surface area contributed by atoms with E-state index in [0.717, 1.165) is 22.4 Å². The van der Waals surface area contributed by atoms with E-state index in [1.165, 1.54) is 18.2 Å². The number of ether oxygens (including phenoxy) is 2. The minimum Gasteiger partial charge on any atom is -0.490 e. The summed E-state index contributed by atoms with van der Waals surface area (Å²) >= 11 is 3.48. The van der Waals surface area contributed by atoms with Gasteiger partial charge in [0.05, 0.1) is 22.3 Å². The van der Waals surface area contributed by atoms with Crippen LogP contribution in [0.2, 0.25) is 0 Å². The van der Waals surface area contributed by atoms with E-state index in [4.69, 9.17) is 14.6 Å². The number of carboxylic acids is 1. The van der Waals surface area contributed by atoms with Crippen molar-refractivity contribution in [2.45, 2.75) is 26.9 Å². The highest BCUT2D eigenvalue weighted by molar-refractivity contribution is 9.10. The Morgan fingerprint density at radius 3 is 2.26 bits per heavy atom. The maximum atomic E-state index is 13.3. The van der Waals surface area contributed by atoms with E-state index in [0.29, 0.717) is 33.8 Å². The number of hydrogen-bond acceptors (Lipinski definition) is 6. The highest BCUT2D eigenvalue weighted by Crippen LogP contribution is 2.38. The molecule has 3 aromatic carbocycles. The van der Waals surface area contributed by atoms with Crippen molar-refractivity contribution in [3.05, 3.63) is 93.0 Å². The number of aromatic carboxylic acids is 1. The number of carbonyl (C=O) groups excluding carboxylic acids is 3. The average molecular weight is 593 g/mol. The Kier molecular flexibility index (Phi) is 8.46. The zero-order valence-corrected chi connectivity index (χ0v) is 22.8. The summed E-state index contributed by atoms with van der Waals surface area (Å²) in [6.07, 6.45) is 2.19. The fourth-order valence-corrected chi connectivity index (χ4v) is 4.49. The van der Waals surface area contributed by atoms with E-state index < -0.39 is 23.8 Å². The number of aryl methyl sites for hydroxylation is 1. The van der Waals surface area contributed by atoms with Gasteiger partial charge in [0.1, 0.15) is 12.2 Å². The van der Waals surface area contributed by atoms with Gasteiger partial charge in [0.2, 0.25) is 0 Å². The third-order valence-electron chi connectivity index (χ3n) is 5.93. The van der Waals surface area contributed by atoms with Gasteiger partial charge in [-0.1, -0.05) is 31.2 Å². The summed E-state index contributed by atoms with van der Waals surface area (Å²) in [4.78, 5) is 50.4. The third kappa shape index (κ3) is 6.18. The van der Waals surface area contributed by atoms with Crippen molar-refractivity contribution in [2.24, 2.45) is 0 Å². The number of nitrogens with zero attached hydrogens (tertiary/aromatic N) is 1. The molecule has 4 amide bonds. The van der Waals surface area contributed by atoms with Crippen LogP contribution in [-0.2, 0) is 22.6 Å². The summed E-state index contributed by atoms with van der Waals surface area (Å²) in [5.74, 6) is -1.79. The normalized spacial score (nSPS) is 14.4. The van der Waals surface area contributed by atoms with E-state index in [1.54, 1.807) is 43.3 Å². The predicted octanol–water partition coefficient (Wildman–Crippen LogP) is 5.35. The number of carboxylic acid groups (broad SMARTS) is 1. The Bertz CT molecular complexity index is 1460. The van der Waals surface area contributed by atoms with Gasteiger partial charge in [-0.3, -0.25) is 14.9 Å². The lowest BCUT2D eigenvalue weighted by Crippen LogP contribution is -2.54. The number of rotatable bonds is 9. The van der Waals surface area contributed by atoms with E-state index in [1.807, 2.05) is 19.1 Å². The number of anilines is 1. The lowest BCUT2D eigenvalue weighted by molar-refractivity contribution is -0.122. The molecule has 0 aromatic heterocycles. The van der Waals surface area contributed by atoms with Crippen LogP contribution in [0.1, 0.15) is 40.9 Å². The molecule has 0 atom stereocenters.